The normalized spacial score (nSPS) is 9.74. The van der Waals surface area contributed by atoms with Crippen LogP contribution in [0, 0.1) is 36.5 Å². The molecule has 1 heterocycles. The van der Waals surface area contributed by atoms with Crippen molar-refractivity contribution in [3.8, 4) is 12.1 Å². The molecular formula is C16H17N7. The molecule has 7 nitrogen and oxygen atoms in total. The van der Waals surface area contributed by atoms with Crippen LogP contribution in [0.1, 0.15) is 11.1 Å². The van der Waals surface area contributed by atoms with Crippen molar-refractivity contribution in [1.82, 2.24) is 9.97 Å². The number of benzene rings is 1. The molecule has 116 valence electrons. The van der Waals surface area contributed by atoms with Crippen LogP contribution in [0.3, 0.4) is 0 Å². The summed E-state index contributed by atoms with van der Waals surface area (Å²) in [5, 5.41) is 20.9. The van der Waals surface area contributed by atoms with Crippen LogP contribution in [-0.4, -0.2) is 23.1 Å². The van der Waals surface area contributed by atoms with Crippen molar-refractivity contribution in [1.29, 1.82) is 10.5 Å². The SMILES string of the molecule is Cc1ccc(Nc2ncnc(N(CC#N)CC#N)c2N)c(C)c1. The first-order chi connectivity index (χ1) is 11.1. The van der Waals surface area contributed by atoms with Crippen LogP contribution in [0.25, 0.3) is 0 Å². The van der Waals surface area contributed by atoms with Gasteiger partial charge in [0.1, 0.15) is 25.1 Å². The Bertz CT molecular complexity index is 770. The van der Waals surface area contributed by atoms with Crippen LogP contribution < -0.4 is 16.0 Å². The van der Waals surface area contributed by atoms with Crippen LogP contribution >= 0.6 is 0 Å². The molecular weight excluding hydrogens is 290 g/mol. The highest BCUT2D eigenvalue weighted by Crippen LogP contribution is 2.29. The summed E-state index contributed by atoms with van der Waals surface area (Å²) in [4.78, 5) is 9.77. The van der Waals surface area contributed by atoms with E-state index in [1.54, 1.807) is 0 Å². The third-order valence-electron chi connectivity index (χ3n) is 3.32. The Morgan fingerprint density at radius 2 is 1.87 bits per heavy atom. The molecule has 1 aromatic carbocycles. The van der Waals surface area contributed by atoms with Gasteiger partial charge in [0.25, 0.3) is 0 Å². The molecule has 0 amide bonds. The van der Waals surface area contributed by atoms with Gasteiger partial charge in [-0.1, -0.05) is 17.7 Å². The third kappa shape index (κ3) is 3.66. The fourth-order valence-electron chi connectivity index (χ4n) is 2.20. The Balaban J connectivity index is 2.36. The average molecular weight is 307 g/mol. The van der Waals surface area contributed by atoms with Gasteiger partial charge in [0.15, 0.2) is 11.6 Å². The van der Waals surface area contributed by atoms with Crippen molar-refractivity contribution in [2.24, 2.45) is 0 Å². The second-order valence-corrected chi connectivity index (χ2v) is 5.08. The number of rotatable bonds is 5. The molecule has 1 aromatic heterocycles. The fraction of sp³-hybridized carbons (Fsp3) is 0.250. The Morgan fingerprint density at radius 3 is 2.48 bits per heavy atom. The number of nitriles is 2. The van der Waals surface area contributed by atoms with Gasteiger partial charge in [-0.2, -0.15) is 10.5 Å². The molecule has 0 bridgehead atoms. The summed E-state index contributed by atoms with van der Waals surface area (Å²) in [5.41, 5.74) is 9.55. The molecule has 0 radical (unpaired) electrons. The number of hydrogen-bond acceptors (Lipinski definition) is 7. The van der Waals surface area contributed by atoms with Gasteiger partial charge in [0, 0.05) is 5.69 Å². The minimum atomic E-state index is 0.0256. The van der Waals surface area contributed by atoms with E-state index in [2.05, 4.69) is 21.4 Å². The van der Waals surface area contributed by atoms with E-state index in [9.17, 15) is 0 Å². The molecule has 0 saturated heterocycles. The maximum Gasteiger partial charge on any atom is 0.159 e. The predicted molar refractivity (Wildman–Crippen MR) is 89.1 cm³/mol. The number of hydrogen-bond donors (Lipinski definition) is 2. The quantitative estimate of drug-likeness (QED) is 0.814. The molecule has 0 saturated carbocycles. The summed E-state index contributed by atoms with van der Waals surface area (Å²) in [6, 6.07) is 10.0. The second-order valence-electron chi connectivity index (χ2n) is 5.08. The van der Waals surface area contributed by atoms with Crippen LogP contribution in [0.15, 0.2) is 24.5 Å². The molecule has 3 N–H and O–H groups in total. The molecule has 0 spiro atoms. The Morgan fingerprint density at radius 1 is 1.17 bits per heavy atom. The minimum absolute atomic E-state index is 0.0256. The maximum absolute atomic E-state index is 8.88. The molecule has 0 atom stereocenters. The van der Waals surface area contributed by atoms with Crippen molar-refractivity contribution < 1.29 is 0 Å². The van der Waals surface area contributed by atoms with Gasteiger partial charge >= 0.3 is 0 Å². The van der Waals surface area contributed by atoms with E-state index in [0.29, 0.717) is 17.3 Å². The number of anilines is 4. The summed E-state index contributed by atoms with van der Waals surface area (Å²) < 4.78 is 0. The standard InChI is InChI=1S/C16H17N7/c1-11-3-4-13(12(2)9-11)22-15-14(19)16(21-10-20-15)23(7-5-17)8-6-18/h3-4,9-10H,7-8,19H2,1-2H3,(H,20,21,22). The Hall–Kier alpha value is -3.32. The van der Waals surface area contributed by atoms with Crippen LogP contribution in [-0.2, 0) is 0 Å². The van der Waals surface area contributed by atoms with E-state index in [4.69, 9.17) is 16.3 Å². The smallest absolute Gasteiger partial charge is 0.159 e. The lowest BCUT2D eigenvalue weighted by Crippen LogP contribution is -2.26. The summed E-state index contributed by atoms with van der Waals surface area (Å²) in [6.07, 6.45) is 1.36. The van der Waals surface area contributed by atoms with Gasteiger partial charge in [-0.3, -0.25) is 0 Å². The molecule has 0 unspecified atom stereocenters. The van der Waals surface area contributed by atoms with Crippen LogP contribution in [0.5, 0.6) is 0 Å². The topological polar surface area (TPSA) is 115 Å². The molecule has 2 aromatic rings. The first kappa shape index (κ1) is 16.1. The monoisotopic (exact) mass is 307 g/mol. The average Bonchev–Trinajstić information content (AvgIpc) is 2.52. The number of aromatic nitrogens is 2. The lowest BCUT2D eigenvalue weighted by atomic mass is 10.1. The lowest BCUT2D eigenvalue weighted by molar-refractivity contribution is 0.929. The van der Waals surface area contributed by atoms with Crippen LogP contribution in [0.2, 0.25) is 0 Å². The zero-order valence-electron chi connectivity index (χ0n) is 13.0. The molecule has 0 aliphatic rings. The zero-order valence-corrected chi connectivity index (χ0v) is 13.0. The van der Waals surface area contributed by atoms with E-state index < -0.39 is 0 Å². The van der Waals surface area contributed by atoms with Gasteiger partial charge in [-0.05, 0) is 25.5 Å². The highest BCUT2D eigenvalue weighted by Gasteiger charge is 2.15. The van der Waals surface area contributed by atoms with E-state index in [1.165, 1.54) is 16.8 Å². The Labute approximate surface area is 135 Å². The van der Waals surface area contributed by atoms with Crippen molar-refractivity contribution >= 4 is 23.0 Å². The third-order valence-corrected chi connectivity index (χ3v) is 3.32. The second kappa shape index (κ2) is 7.10. The molecule has 23 heavy (non-hydrogen) atoms. The van der Waals surface area contributed by atoms with E-state index in [1.807, 2.05) is 38.1 Å². The van der Waals surface area contributed by atoms with E-state index in [-0.39, 0.29) is 13.1 Å². The highest BCUT2D eigenvalue weighted by atomic mass is 15.2. The van der Waals surface area contributed by atoms with Gasteiger partial charge in [-0.15, -0.1) is 0 Å². The number of aryl methyl sites for hydroxylation is 2. The van der Waals surface area contributed by atoms with E-state index >= 15 is 0 Å². The molecule has 7 heteroatoms. The number of nitrogen functional groups attached to an aromatic ring is 1. The van der Waals surface area contributed by atoms with Gasteiger partial charge in [-0.25, -0.2) is 9.97 Å². The van der Waals surface area contributed by atoms with Crippen LogP contribution in [0.4, 0.5) is 23.0 Å². The minimum Gasteiger partial charge on any atom is -0.393 e. The highest BCUT2D eigenvalue weighted by molar-refractivity contribution is 5.79. The first-order valence-electron chi connectivity index (χ1n) is 7.00. The molecule has 2 rings (SSSR count). The van der Waals surface area contributed by atoms with Gasteiger partial charge in [0.05, 0.1) is 12.1 Å². The first-order valence-corrected chi connectivity index (χ1v) is 7.00. The molecule has 0 aliphatic carbocycles. The summed E-state index contributed by atoms with van der Waals surface area (Å²) >= 11 is 0. The summed E-state index contributed by atoms with van der Waals surface area (Å²) in [7, 11) is 0. The number of nitrogens with one attached hydrogen (secondary N) is 1. The fourth-order valence-corrected chi connectivity index (χ4v) is 2.20. The molecule has 0 aliphatic heterocycles. The summed E-state index contributed by atoms with van der Waals surface area (Å²) in [5.74, 6) is 0.818. The van der Waals surface area contributed by atoms with E-state index in [0.717, 1.165) is 11.3 Å². The van der Waals surface area contributed by atoms with Gasteiger partial charge < -0.3 is 16.0 Å². The zero-order chi connectivity index (χ0) is 16.8. The van der Waals surface area contributed by atoms with Crippen molar-refractivity contribution in [3.63, 3.8) is 0 Å². The molecule has 0 fully saturated rings. The van der Waals surface area contributed by atoms with Gasteiger partial charge in [0.2, 0.25) is 0 Å². The van der Waals surface area contributed by atoms with Crippen molar-refractivity contribution in [2.75, 3.05) is 29.0 Å². The lowest BCUT2D eigenvalue weighted by Gasteiger charge is -2.20. The number of nitrogens with zero attached hydrogens (tertiary/aromatic N) is 5. The number of nitrogens with two attached hydrogens (primary N) is 1. The maximum atomic E-state index is 8.88. The summed E-state index contributed by atoms with van der Waals surface area (Å²) in [6.45, 7) is 4.07. The van der Waals surface area contributed by atoms with Crippen molar-refractivity contribution in [3.05, 3.63) is 35.7 Å². The largest absolute Gasteiger partial charge is 0.393 e. The Kier molecular flexibility index (Phi) is 4.96. The van der Waals surface area contributed by atoms with Crippen molar-refractivity contribution in [2.45, 2.75) is 13.8 Å². The predicted octanol–water partition coefficient (Wildman–Crippen LogP) is 2.27.